The van der Waals surface area contributed by atoms with Crippen LogP contribution in [-0.4, -0.2) is 0 Å². The first-order valence-corrected chi connectivity index (χ1v) is 5.24. The van der Waals surface area contributed by atoms with Gasteiger partial charge >= 0.3 is 0 Å². The lowest BCUT2D eigenvalue weighted by molar-refractivity contribution is 0.212. The molecule has 0 aliphatic heterocycles. The third-order valence-electron chi connectivity index (χ3n) is 3.33. The molecule has 11 heavy (non-hydrogen) atoms. The molecule has 1 aliphatic rings. The highest BCUT2D eigenvalue weighted by Crippen LogP contribution is 2.35. The summed E-state index contributed by atoms with van der Waals surface area (Å²) in [6.07, 6.45) is 7.42. The summed E-state index contributed by atoms with van der Waals surface area (Å²) in [7, 11) is 0. The van der Waals surface area contributed by atoms with E-state index in [9.17, 15) is 0 Å². The van der Waals surface area contributed by atoms with Gasteiger partial charge in [-0.25, -0.2) is 0 Å². The molecule has 0 bridgehead atoms. The van der Waals surface area contributed by atoms with Gasteiger partial charge in [0.2, 0.25) is 0 Å². The summed E-state index contributed by atoms with van der Waals surface area (Å²) in [5, 5.41) is 0. The third kappa shape index (κ3) is 2.50. The van der Waals surface area contributed by atoms with Crippen LogP contribution in [0.1, 0.15) is 52.9 Å². The number of rotatable bonds is 4. The van der Waals surface area contributed by atoms with Gasteiger partial charge in [-0.15, -0.1) is 0 Å². The quantitative estimate of drug-likeness (QED) is 0.577. The van der Waals surface area contributed by atoms with Crippen LogP contribution in [-0.2, 0) is 0 Å². The molecule has 0 heteroatoms. The molecule has 0 saturated heterocycles. The highest BCUT2D eigenvalue weighted by molar-refractivity contribution is 4.74. The molecule has 1 atom stereocenters. The zero-order valence-corrected chi connectivity index (χ0v) is 8.27. The maximum absolute atomic E-state index is 2.37. The molecular formula is C11H22. The van der Waals surface area contributed by atoms with Gasteiger partial charge in [-0.05, 0) is 24.2 Å². The van der Waals surface area contributed by atoms with E-state index < -0.39 is 0 Å². The van der Waals surface area contributed by atoms with Crippen molar-refractivity contribution in [3.8, 4) is 0 Å². The molecule has 0 amide bonds. The summed E-state index contributed by atoms with van der Waals surface area (Å²) in [6.45, 7) is 7.07. The largest absolute Gasteiger partial charge is 0.0651 e. The second-order valence-corrected chi connectivity index (χ2v) is 4.44. The van der Waals surface area contributed by atoms with Crippen molar-refractivity contribution in [2.45, 2.75) is 52.9 Å². The molecule has 1 rings (SSSR count). The van der Waals surface area contributed by atoms with E-state index in [0.29, 0.717) is 0 Å². The van der Waals surface area contributed by atoms with Crippen molar-refractivity contribution in [3.63, 3.8) is 0 Å². The summed E-state index contributed by atoms with van der Waals surface area (Å²) in [5.41, 5.74) is 0. The maximum Gasteiger partial charge on any atom is -0.0391 e. The highest BCUT2D eigenvalue weighted by atomic mass is 14.3. The van der Waals surface area contributed by atoms with Crippen molar-refractivity contribution in [1.82, 2.24) is 0 Å². The predicted molar refractivity (Wildman–Crippen MR) is 50.6 cm³/mol. The van der Waals surface area contributed by atoms with Gasteiger partial charge in [-0.1, -0.05) is 46.5 Å². The molecule has 1 aliphatic carbocycles. The van der Waals surface area contributed by atoms with Crippen molar-refractivity contribution in [2.24, 2.45) is 17.8 Å². The highest BCUT2D eigenvalue weighted by Gasteiger charge is 2.22. The molecule has 0 nitrogen and oxygen atoms in total. The van der Waals surface area contributed by atoms with E-state index in [0.717, 1.165) is 17.8 Å². The van der Waals surface area contributed by atoms with E-state index in [-0.39, 0.29) is 0 Å². The van der Waals surface area contributed by atoms with Crippen molar-refractivity contribution in [3.05, 3.63) is 0 Å². The summed E-state index contributed by atoms with van der Waals surface area (Å²) < 4.78 is 0. The van der Waals surface area contributed by atoms with Crippen LogP contribution in [0.15, 0.2) is 0 Å². The van der Waals surface area contributed by atoms with E-state index in [4.69, 9.17) is 0 Å². The molecular weight excluding hydrogens is 132 g/mol. The second kappa shape index (κ2) is 4.13. The van der Waals surface area contributed by atoms with Crippen LogP contribution in [0.2, 0.25) is 0 Å². The second-order valence-electron chi connectivity index (χ2n) is 4.44. The Morgan fingerprint density at radius 1 is 1.27 bits per heavy atom. The minimum atomic E-state index is 0.903. The Kier molecular flexibility index (Phi) is 3.42. The van der Waals surface area contributed by atoms with Gasteiger partial charge < -0.3 is 0 Å². The first-order chi connectivity index (χ1) is 5.24. The standard InChI is InChI=1S/C11H22/c1-4-11(9(2)3)8-10-6-5-7-10/h9-11H,4-8H2,1-3H3. The van der Waals surface area contributed by atoms with Gasteiger partial charge in [0, 0.05) is 0 Å². The van der Waals surface area contributed by atoms with Crippen molar-refractivity contribution in [1.29, 1.82) is 0 Å². The maximum atomic E-state index is 2.37. The van der Waals surface area contributed by atoms with E-state index >= 15 is 0 Å². The third-order valence-corrected chi connectivity index (χ3v) is 3.33. The molecule has 0 N–H and O–H groups in total. The van der Waals surface area contributed by atoms with Crippen molar-refractivity contribution >= 4 is 0 Å². The molecule has 1 fully saturated rings. The minimum absolute atomic E-state index is 0.903. The van der Waals surface area contributed by atoms with Crippen LogP contribution in [0.4, 0.5) is 0 Å². The molecule has 0 spiro atoms. The normalized spacial score (nSPS) is 21.8. The molecule has 0 heterocycles. The van der Waals surface area contributed by atoms with Gasteiger partial charge in [0.05, 0.1) is 0 Å². The van der Waals surface area contributed by atoms with Crippen LogP contribution < -0.4 is 0 Å². The molecule has 0 radical (unpaired) electrons. The van der Waals surface area contributed by atoms with E-state index in [1.54, 1.807) is 0 Å². The summed E-state index contributed by atoms with van der Waals surface area (Å²) in [6, 6.07) is 0. The Morgan fingerprint density at radius 3 is 2.18 bits per heavy atom. The lowest BCUT2D eigenvalue weighted by Gasteiger charge is -2.31. The van der Waals surface area contributed by atoms with Crippen LogP contribution in [0.25, 0.3) is 0 Å². The Bertz CT molecular complexity index is 101. The smallest absolute Gasteiger partial charge is 0.0391 e. The van der Waals surface area contributed by atoms with Gasteiger partial charge in [-0.2, -0.15) is 0 Å². The lowest BCUT2D eigenvalue weighted by Crippen LogP contribution is -2.18. The van der Waals surface area contributed by atoms with E-state index in [1.807, 2.05) is 0 Å². The number of hydrogen-bond donors (Lipinski definition) is 0. The Labute approximate surface area is 71.4 Å². The van der Waals surface area contributed by atoms with E-state index in [1.165, 1.54) is 32.1 Å². The van der Waals surface area contributed by atoms with Gasteiger partial charge in [0.25, 0.3) is 0 Å². The fourth-order valence-corrected chi connectivity index (χ4v) is 2.07. The summed E-state index contributed by atoms with van der Waals surface area (Å²) in [4.78, 5) is 0. The molecule has 0 aromatic rings. The average molecular weight is 154 g/mol. The fraction of sp³-hybridized carbons (Fsp3) is 1.00. The zero-order valence-electron chi connectivity index (χ0n) is 8.27. The predicted octanol–water partition coefficient (Wildman–Crippen LogP) is 3.86. The zero-order chi connectivity index (χ0) is 8.27. The monoisotopic (exact) mass is 154 g/mol. The molecule has 0 aromatic heterocycles. The number of hydrogen-bond acceptors (Lipinski definition) is 0. The average Bonchev–Trinajstić information content (AvgIpc) is 1.85. The summed E-state index contributed by atoms with van der Waals surface area (Å²) >= 11 is 0. The Balaban J connectivity index is 2.19. The van der Waals surface area contributed by atoms with Crippen LogP contribution in [0, 0.1) is 17.8 Å². The van der Waals surface area contributed by atoms with Gasteiger partial charge in [-0.3, -0.25) is 0 Å². The summed E-state index contributed by atoms with van der Waals surface area (Å²) in [5.74, 6) is 3.00. The van der Waals surface area contributed by atoms with E-state index in [2.05, 4.69) is 20.8 Å². The molecule has 66 valence electrons. The molecule has 0 aromatic carbocycles. The molecule has 1 unspecified atom stereocenters. The van der Waals surface area contributed by atoms with Crippen LogP contribution in [0.3, 0.4) is 0 Å². The van der Waals surface area contributed by atoms with Gasteiger partial charge in [0.15, 0.2) is 0 Å². The first-order valence-electron chi connectivity index (χ1n) is 5.24. The van der Waals surface area contributed by atoms with Crippen molar-refractivity contribution < 1.29 is 0 Å². The fourth-order valence-electron chi connectivity index (χ4n) is 2.07. The van der Waals surface area contributed by atoms with Gasteiger partial charge in [0.1, 0.15) is 0 Å². The first kappa shape index (κ1) is 9.09. The topological polar surface area (TPSA) is 0 Å². The Hall–Kier alpha value is 0. The van der Waals surface area contributed by atoms with Crippen molar-refractivity contribution in [2.75, 3.05) is 0 Å². The van der Waals surface area contributed by atoms with Crippen LogP contribution >= 0.6 is 0 Å². The minimum Gasteiger partial charge on any atom is -0.0651 e. The Morgan fingerprint density at radius 2 is 1.91 bits per heavy atom. The van der Waals surface area contributed by atoms with Crippen LogP contribution in [0.5, 0.6) is 0 Å². The SMILES string of the molecule is CCC(CC1CCC1)C(C)C. The molecule has 1 saturated carbocycles. The lowest BCUT2D eigenvalue weighted by atomic mass is 9.75.